The number of benzene rings is 1. The second-order valence-electron chi connectivity index (χ2n) is 5.70. The number of nitrogens with zero attached hydrogens (tertiary/aromatic N) is 3. The maximum absolute atomic E-state index is 9.90. The first-order valence-electron chi connectivity index (χ1n) is 7.35. The molecule has 9 heteroatoms. The molecule has 2 aromatic heterocycles. The fraction of sp³-hybridized carbons (Fsp3) is 0.312. The third-order valence-corrected chi connectivity index (χ3v) is 3.68. The molecule has 0 aliphatic carbocycles. The predicted molar refractivity (Wildman–Crippen MR) is 96.4 cm³/mol. The van der Waals surface area contributed by atoms with Crippen molar-refractivity contribution < 1.29 is 15.3 Å². The van der Waals surface area contributed by atoms with Gasteiger partial charge < -0.3 is 24.9 Å². The van der Waals surface area contributed by atoms with E-state index in [9.17, 15) is 5.11 Å². The number of ether oxygens (including phenoxy) is 1. The molecule has 136 valence electrons. The molecule has 0 aliphatic rings. The smallest absolute Gasteiger partial charge is 0.173 e. The van der Waals surface area contributed by atoms with E-state index in [2.05, 4.69) is 15.0 Å². The predicted octanol–water partition coefficient (Wildman–Crippen LogP) is 1.72. The zero-order valence-electron chi connectivity index (χ0n) is 14.2. The first kappa shape index (κ1) is 20.5. The summed E-state index contributed by atoms with van der Waals surface area (Å²) < 4.78 is 6.91. The highest BCUT2D eigenvalue weighted by molar-refractivity contribution is 5.85. The molecule has 0 fully saturated rings. The van der Waals surface area contributed by atoms with Gasteiger partial charge >= 0.3 is 0 Å². The van der Waals surface area contributed by atoms with Gasteiger partial charge in [0.1, 0.15) is 11.3 Å². The first-order valence-corrected chi connectivity index (χ1v) is 7.35. The Morgan fingerprint density at radius 2 is 2.08 bits per heavy atom. The van der Waals surface area contributed by atoms with Crippen LogP contribution in [0.3, 0.4) is 0 Å². The number of hydrogen-bond acceptors (Lipinski definition) is 5. The van der Waals surface area contributed by atoms with Gasteiger partial charge in [0, 0.05) is 5.92 Å². The average molecular weight is 368 g/mol. The topological polar surface area (TPSA) is 131 Å². The molecular formula is C16H22ClN5O3. The zero-order chi connectivity index (χ0) is 16.6. The van der Waals surface area contributed by atoms with Crippen molar-refractivity contribution in [3.05, 3.63) is 41.4 Å². The zero-order valence-corrected chi connectivity index (χ0v) is 15.0. The molecule has 0 atom stereocenters. The van der Waals surface area contributed by atoms with E-state index >= 15 is 0 Å². The summed E-state index contributed by atoms with van der Waals surface area (Å²) in [5, 5.41) is 17.8. The quantitative estimate of drug-likeness (QED) is 0.647. The monoisotopic (exact) mass is 367 g/mol. The number of rotatable bonds is 4. The van der Waals surface area contributed by atoms with Crippen molar-refractivity contribution in [2.24, 2.45) is 0 Å². The Bertz CT molecular complexity index is 920. The summed E-state index contributed by atoms with van der Waals surface area (Å²) in [5.74, 6) is 1.59. The Morgan fingerprint density at radius 3 is 2.68 bits per heavy atom. The van der Waals surface area contributed by atoms with Crippen LogP contribution in [-0.4, -0.2) is 37.2 Å². The van der Waals surface area contributed by atoms with Gasteiger partial charge in [-0.25, -0.2) is 9.97 Å². The van der Waals surface area contributed by atoms with Crippen LogP contribution < -0.4 is 10.2 Å². The Hall–Kier alpha value is -2.58. The minimum Gasteiger partial charge on any atom is -0.504 e. The number of aromatic nitrogens is 4. The molecule has 0 spiro atoms. The van der Waals surface area contributed by atoms with Crippen molar-refractivity contribution in [2.75, 3.05) is 7.11 Å². The van der Waals surface area contributed by atoms with Gasteiger partial charge in [-0.05, 0) is 17.7 Å². The van der Waals surface area contributed by atoms with Gasteiger partial charge in [-0.1, -0.05) is 19.9 Å². The first-order chi connectivity index (χ1) is 11.0. The van der Waals surface area contributed by atoms with Crippen molar-refractivity contribution in [1.29, 1.82) is 5.41 Å². The summed E-state index contributed by atoms with van der Waals surface area (Å²) in [7, 11) is 1.51. The average Bonchev–Trinajstić information content (AvgIpc) is 2.97. The lowest BCUT2D eigenvalue weighted by Crippen LogP contribution is -2.13. The highest BCUT2D eigenvalue weighted by Gasteiger charge is 2.12. The van der Waals surface area contributed by atoms with Crippen LogP contribution in [0.4, 0.5) is 0 Å². The second-order valence-corrected chi connectivity index (χ2v) is 5.70. The van der Waals surface area contributed by atoms with Gasteiger partial charge in [0.05, 0.1) is 20.0 Å². The molecule has 0 saturated carbocycles. The molecule has 0 saturated heterocycles. The molecule has 8 nitrogen and oxygen atoms in total. The Balaban J connectivity index is 0.00000156. The van der Waals surface area contributed by atoms with E-state index in [0.29, 0.717) is 23.5 Å². The van der Waals surface area contributed by atoms with E-state index in [4.69, 9.17) is 10.1 Å². The third-order valence-electron chi connectivity index (χ3n) is 3.68. The normalized spacial score (nSPS) is 10.4. The lowest BCUT2D eigenvalue weighted by Gasteiger charge is -2.09. The summed E-state index contributed by atoms with van der Waals surface area (Å²) in [6.45, 7) is 4.57. The van der Waals surface area contributed by atoms with Crippen molar-refractivity contribution in [3.63, 3.8) is 0 Å². The van der Waals surface area contributed by atoms with E-state index < -0.39 is 0 Å². The Kier molecular flexibility index (Phi) is 6.55. The van der Waals surface area contributed by atoms with E-state index in [-0.39, 0.29) is 35.0 Å². The van der Waals surface area contributed by atoms with Crippen LogP contribution in [-0.2, 0) is 6.54 Å². The number of phenols is 1. The van der Waals surface area contributed by atoms with Gasteiger partial charge in [-0.15, -0.1) is 12.4 Å². The molecule has 0 radical (unpaired) electrons. The minimum atomic E-state index is 0. The maximum atomic E-state index is 9.90. The summed E-state index contributed by atoms with van der Waals surface area (Å²) >= 11 is 0. The molecule has 2 heterocycles. The number of fused-ring (bicyclic) bond motifs is 1. The fourth-order valence-electron chi connectivity index (χ4n) is 2.42. The van der Waals surface area contributed by atoms with Gasteiger partial charge in [0.25, 0.3) is 0 Å². The number of phenolic OH excluding ortho intramolecular Hbond substituents is 1. The van der Waals surface area contributed by atoms with Crippen molar-refractivity contribution in [3.8, 4) is 11.5 Å². The number of aromatic hydroxyl groups is 1. The van der Waals surface area contributed by atoms with Crippen LogP contribution in [0.15, 0.2) is 24.5 Å². The fourth-order valence-corrected chi connectivity index (χ4v) is 2.42. The molecule has 3 rings (SSSR count). The van der Waals surface area contributed by atoms with Crippen LogP contribution in [0.1, 0.15) is 31.2 Å². The van der Waals surface area contributed by atoms with Crippen molar-refractivity contribution >= 4 is 23.6 Å². The molecule has 0 unspecified atom stereocenters. The van der Waals surface area contributed by atoms with E-state index in [0.717, 1.165) is 11.4 Å². The number of hydrogen-bond donors (Lipinski definition) is 3. The third kappa shape index (κ3) is 3.92. The van der Waals surface area contributed by atoms with Gasteiger partial charge in [0.15, 0.2) is 22.6 Å². The molecule has 0 bridgehead atoms. The number of nitrogens with one attached hydrogen (secondary N) is 2. The summed E-state index contributed by atoms with van der Waals surface area (Å²) in [6.07, 6.45) is 1.59. The van der Waals surface area contributed by atoms with Gasteiger partial charge in [-0.2, -0.15) is 0 Å². The molecule has 0 amide bonds. The molecule has 3 aromatic rings. The summed E-state index contributed by atoms with van der Waals surface area (Å²) in [5.41, 5.74) is 2.37. The summed E-state index contributed by atoms with van der Waals surface area (Å²) in [6, 6.07) is 5.25. The van der Waals surface area contributed by atoms with Crippen LogP contribution in [0.25, 0.3) is 11.2 Å². The van der Waals surface area contributed by atoms with E-state index in [1.807, 2.05) is 24.5 Å². The number of aromatic amines is 1. The molecule has 25 heavy (non-hydrogen) atoms. The highest BCUT2D eigenvalue weighted by atomic mass is 35.5. The number of methoxy groups -OCH3 is 1. The van der Waals surface area contributed by atoms with Crippen LogP contribution >= 0.6 is 12.4 Å². The Labute approximate surface area is 150 Å². The second kappa shape index (κ2) is 8.00. The SMILES string of the molecule is COc1ccc(Cn2cnc(=N)c3[nH]c(C(C)C)nc32)cc1O.Cl.O. The van der Waals surface area contributed by atoms with Crippen LogP contribution in [0.2, 0.25) is 0 Å². The maximum Gasteiger partial charge on any atom is 0.173 e. The van der Waals surface area contributed by atoms with E-state index in [1.165, 1.54) is 7.11 Å². The Morgan fingerprint density at radius 1 is 1.36 bits per heavy atom. The standard InChI is InChI=1S/C16H19N5O2.ClH.H2O/c1-9(2)15-19-13-14(17)18-8-21(16(13)20-15)7-10-4-5-12(23-3)11(22)6-10;;/h4-6,8-9,17,22H,7H2,1-3H3,(H,19,20);1H;1H2. The molecule has 1 aromatic carbocycles. The lowest BCUT2D eigenvalue weighted by molar-refractivity contribution is 0.373. The van der Waals surface area contributed by atoms with Crippen LogP contribution in [0.5, 0.6) is 11.5 Å². The van der Waals surface area contributed by atoms with Crippen molar-refractivity contribution in [2.45, 2.75) is 26.3 Å². The summed E-state index contributed by atoms with van der Waals surface area (Å²) in [4.78, 5) is 11.9. The van der Waals surface area contributed by atoms with Gasteiger partial charge in [-0.3, -0.25) is 5.41 Å². The van der Waals surface area contributed by atoms with Crippen LogP contribution in [0, 0.1) is 5.41 Å². The lowest BCUT2D eigenvalue weighted by atomic mass is 10.2. The molecule has 5 N–H and O–H groups in total. The van der Waals surface area contributed by atoms with E-state index in [1.54, 1.807) is 18.5 Å². The number of halogens is 1. The van der Waals surface area contributed by atoms with Gasteiger partial charge in [0.2, 0.25) is 0 Å². The highest BCUT2D eigenvalue weighted by Crippen LogP contribution is 2.26. The minimum absolute atomic E-state index is 0. The number of imidazole rings is 1. The number of H-pyrrole nitrogens is 1. The molecular weight excluding hydrogens is 346 g/mol. The molecule has 0 aliphatic heterocycles. The van der Waals surface area contributed by atoms with Crippen molar-refractivity contribution in [1.82, 2.24) is 19.5 Å². The largest absolute Gasteiger partial charge is 0.504 e.